The molecule has 0 N–H and O–H groups in total. The Morgan fingerprint density at radius 2 is 1.36 bits per heavy atom. The minimum atomic E-state index is -0.593. The van der Waals surface area contributed by atoms with Gasteiger partial charge in [-0.1, -0.05) is 25.3 Å². The van der Waals surface area contributed by atoms with E-state index in [9.17, 15) is 14.4 Å². The predicted octanol–water partition coefficient (Wildman–Crippen LogP) is 3.20. The number of carbonyl (C=O) groups excluding carboxylic acids is 3. The third-order valence-corrected chi connectivity index (χ3v) is 3.37. The topological polar surface area (TPSA) is 88.1 Å². The molecular formula is C21H18O7. The summed E-state index contributed by atoms with van der Waals surface area (Å²) in [6.45, 7) is 6.43. The Kier molecular flexibility index (Phi) is 7.53. The van der Waals surface area contributed by atoms with Crippen LogP contribution in [0.2, 0.25) is 0 Å². The van der Waals surface area contributed by atoms with Gasteiger partial charge in [-0.25, -0.2) is 14.4 Å². The van der Waals surface area contributed by atoms with Crippen molar-refractivity contribution in [3.63, 3.8) is 0 Å². The summed E-state index contributed by atoms with van der Waals surface area (Å²) in [5.74, 6) is -0.880. The van der Waals surface area contributed by atoms with Crippen LogP contribution in [0.25, 0.3) is 0 Å². The van der Waals surface area contributed by atoms with Gasteiger partial charge >= 0.3 is 17.9 Å². The first-order chi connectivity index (χ1) is 13.5. The average Bonchev–Trinajstić information content (AvgIpc) is 2.73. The maximum Gasteiger partial charge on any atom is 0.343 e. The van der Waals surface area contributed by atoms with Gasteiger partial charge < -0.3 is 18.9 Å². The van der Waals surface area contributed by atoms with Gasteiger partial charge in [-0.3, -0.25) is 0 Å². The molecule has 0 saturated carbocycles. The summed E-state index contributed by atoms with van der Waals surface area (Å²) in [4.78, 5) is 34.1. The molecule has 144 valence electrons. The van der Waals surface area contributed by atoms with E-state index in [0.717, 1.165) is 17.7 Å². The molecular weight excluding hydrogens is 364 g/mol. The molecule has 0 aliphatic rings. The van der Waals surface area contributed by atoms with Crippen LogP contribution in [-0.4, -0.2) is 24.7 Å². The van der Waals surface area contributed by atoms with Gasteiger partial charge in [0.05, 0.1) is 5.56 Å². The quantitative estimate of drug-likeness (QED) is 0.285. The van der Waals surface area contributed by atoms with Gasteiger partial charge in [-0.15, -0.1) is 0 Å². The molecule has 0 heterocycles. The van der Waals surface area contributed by atoms with Gasteiger partial charge in [0, 0.05) is 12.2 Å². The van der Waals surface area contributed by atoms with Gasteiger partial charge in [0.15, 0.2) is 0 Å². The molecule has 0 aliphatic heterocycles. The highest BCUT2D eigenvalue weighted by molar-refractivity contribution is 5.91. The van der Waals surface area contributed by atoms with Crippen molar-refractivity contribution in [1.82, 2.24) is 0 Å². The molecule has 2 rings (SSSR count). The second kappa shape index (κ2) is 10.3. The van der Waals surface area contributed by atoms with Crippen molar-refractivity contribution in [2.24, 2.45) is 0 Å². The first-order valence-corrected chi connectivity index (χ1v) is 8.14. The normalized spacial score (nSPS) is 9.71. The number of carbonyl (C=O) groups is 3. The van der Waals surface area contributed by atoms with Crippen LogP contribution in [0.4, 0.5) is 0 Å². The lowest BCUT2D eigenvalue weighted by atomic mass is 10.2. The fourth-order valence-electron chi connectivity index (χ4n) is 1.93. The lowest BCUT2D eigenvalue weighted by Gasteiger charge is -2.08. The third kappa shape index (κ3) is 6.45. The molecule has 2 aromatic rings. The van der Waals surface area contributed by atoms with Crippen LogP contribution in [0.1, 0.15) is 15.9 Å². The van der Waals surface area contributed by atoms with E-state index in [4.69, 9.17) is 18.9 Å². The zero-order chi connectivity index (χ0) is 20.4. The fourth-order valence-corrected chi connectivity index (χ4v) is 1.93. The lowest BCUT2D eigenvalue weighted by Crippen LogP contribution is -2.09. The summed E-state index contributed by atoms with van der Waals surface area (Å²) < 4.78 is 20.1. The molecule has 0 amide bonds. The first-order valence-electron chi connectivity index (χ1n) is 8.14. The fraction of sp³-hybridized carbons (Fsp3) is 0.0952. The largest absolute Gasteiger partial charge is 0.458 e. The highest BCUT2D eigenvalue weighted by Gasteiger charge is 2.09. The summed E-state index contributed by atoms with van der Waals surface area (Å²) in [6.07, 6.45) is 2.11. The number of hydrogen-bond acceptors (Lipinski definition) is 7. The maximum atomic E-state index is 12.2. The molecule has 0 unspecified atom stereocenters. The summed E-state index contributed by atoms with van der Waals surface area (Å²) in [5.41, 5.74) is 1.06. The van der Waals surface area contributed by atoms with Crippen molar-refractivity contribution in [3.05, 3.63) is 85.0 Å². The smallest absolute Gasteiger partial charge is 0.343 e. The zero-order valence-corrected chi connectivity index (χ0v) is 15.0. The molecule has 0 atom stereocenters. The SMILES string of the molecule is C=CC(=O)OCOc1ccc(C(=O)Oc2ccc(COC(=O)C=C)cc2)cc1. The summed E-state index contributed by atoms with van der Waals surface area (Å²) >= 11 is 0. The van der Waals surface area contributed by atoms with Crippen LogP contribution < -0.4 is 9.47 Å². The van der Waals surface area contributed by atoms with Crippen LogP contribution in [-0.2, 0) is 25.7 Å². The van der Waals surface area contributed by atoms with Crippen molar-refractivity contribution >= 4 is 17.9 Å². The van der Waals surface area contributed by atoms with Gasteiger partial charge in [-0.05, 0) is 42.0 Å². The molecule has 0 aromatic heterocycles. The van der Waals surface area contributed by atoms with Crippen molar-refractivity contribution in [3.8, 4) is 11.5 Å². The molecule has 7 heteroatoms. The van der Waals surface area contributed by atoms with Crippen molar-refractivity contribution in [2.75, 3.05) is 6.79 Å². The number of esters is 3. The van der Waals surface area contributed by atoms with E-state index in [-0.39, 0.29) is 13.4 Å². The molecule has 0 radical (unpaired) electrons. The second-order valence-corrected chi connectivity index (χ2v) is 5.30. The minimum Gasteiger partial charge on any atom is -0.458 e. The zero-order valence-electron chi connectivity index (χ0n) is 15.0. The maximum absolute atomic E-state index is 12.2. The van der Waals surface area contributed by atoms with Crippen molar-refractivity contribution in [2.45, 2.75) is 6.61 Å². The molecule has 2 aromatic carbocycles. The Labute approximate surface area is 161 Å². The monoisotopic (exact) mass is 382 g/mol. The second-order valence-electron chi connectivity index (χ2n) is 5.30. The van der Waals surface area contributed by atoms with Crippen LogP contribution in [0.3, 0.4) is 0 Å². The van der Waals surface area contributed by atoms with E-state index >= 15 is 0 Å². The van der Waals surface area contributed by atoms with Gasteiger partial charge in [-0.2, -0.15) is 0 Å². The Hall–Kier alpha value is -3.87. The Bertz CT molecular complexity index is 851. The van der Waals surface area contributed by atoms with Crippen molar-refractivity contribution in [1.29, 1.82) is 0 Å². The Balaban J connectivity index is 1.86. The van der Waals surface area contributed by atoms with Crippen LogP contribution in [0, 0.1) is 0 Å². The van der Waals surface area contributed by atoms with Crippen LogP contribution >= 0.6 is 0 Å². The Morgan fingerprint density at radius 3 is 1.96 bits per heavy atom. The van der Waals surface area contributed by atoms with Gasteiger partial charge in [0.1, 0.15) is 18.1 Å². The van der Waals surface area contributed by atoms with E-state index in [1.165, 1.54) is 12.1 Å². The van der Waals surface area contributed by atoms with E-state index in [0.29, 0.717) is 17.1 Å². The molecule has 0 bridgehead atoms. The summed E-state index contributed by atoms with van der Waals surface area (Å²) in [7, 11) is 0. The molecule has 0 saturated heterocycles. The van der Waals surface area contributed by atoms with E-state index in [1.54, 1.807) is 36.4 Å². The van der Waals surface area contributed by atoms with E-state index in [1.807, 2.05) is 0 Å². The number of rotatable bonds is 9. The van der Waals surface area contributed by atoms with Crippen LogP contribution in [0.5, 0.6) is 11.5 Å². The molecule has 0 fully saturated rings. The minimum absolute atomic E-state index is 0.0999. The molecule has 0 aliphatic carbocycles. The Morgan fingerprint density at radius 1 is 0.786 bits per heavy atom. The van der Waals surface area contributed by atoms with Crippen molar-refractivity contribution < 1.29 is 33.3 Å². The van der Waals surface area contributed by atoms with Crippen LogP contribution in [0.15, 0.2) is 73.8 Å². The van der Waals surface area contributed by atoms with Gasteiger partial charge in [0.2, 0.25) is 6.79 Å². The molecule has 7 nitrogen and oxygen atoms in total. The first kappa shape index (κ1) is 20.4. The standard InChI is InChI=1S/C21H18O7/c1-3-19(22)25-13-15-5-9-18(10-6-15)28-21(24)16-7-11-17(12-8-16)26-14-27-20(23)4-2/h3-12H,1-2,13-14H2. The molecule has 0 spiro atoms. The number of ether oxygens (including phenoxy) is 4. The highest BCUT2D eigenvalue weighted by Crippen LogP contribution is 2.17. The summed E-state index contributed by atoms with van der Waals surface area (Å²) in [5, 5.41) is 0. The van der Waals surface area contributed by atoms with E-state index in [2.05, 4.69) is 13.2 Å². The highest BCUT2D eigenvalue weighted by atomic mass is 16.7. The number of hydrogen-bond donors (Lipinski definition) is 0. The molecule has 28 heavy (non-hydrogen) atoms. The third-order valence-electron chi connectivity index (χ3n) is 3.37. The average molecular weight is 382 g/mol. The van der Waals surface area contributed by atoms with E-state index < -0.39 is 17.9 Å². The summed E-state index contributed by atoms with van der Waals surface area (Å²) in [6, 6.07) is 12.7. The lowest BCUT2D eigenvalue weighted by molar-refractivity contribution is -0.144. The van der Waals surface area contributed by atoms with Gasteiger partial charge in [0.25, 0.3) is 0 Å². The number of benzene rings is 2. The predicted molar refractivity (Wildman–Crippen MR) is 99.6 cm³/mol.